The third-order valence-electron chi connectivity index (χ3n) is 4.06. The molecule has 0 atom stereocenters. The average molecular weight is 357 g/mol. The summed E-state index contributed by atoms with van der Waals surface area (Å²) in [6.45, 7) is 2.61. The van der Waals surface area contributed by atoms with Crippen LogP contribution in [0.5, 0.6) is 5.75 Å². The fourth-order valence-electron chi connectivity index (χ4n) is 2.82. The number of fused-ring (bicyclic) bond motifs is 1. The van der Waals surface area contributed by atoms with Gasteiger partial charge in [-0.25, -0.2) is 8.42 Å². The Balaban J connectivity index is 2.36. The van der Waals surface area contributed by atoms with Gasteiger partial charge in [-0.2, -0.15) is 0 Å². The summed E-state index contributed by atoms with van der Waals surface area (Å²) < 4.78 is 32.9. The van der Waals surface area contributed by atoms with E-state index in [9.17, 15) is 13.2 Å². The van der Waals surface area contributed by atoms with E-state index in [1.807, 2.05) is 11.5 Å². The minimum atomic E-state index is -3.90. The number of hydrogen-bond acceptors (Lipinski definition) is 4. The Labute approximate surface area is 146 Å². The van der Waals surface area contributed by atoms with Gasteiger partial charge < -0.3 is 9.30 Å². The van der Waals surface area contributed by atoms with Crippen molar-refractivity contribution in [1.29, 1.82) is 0 Å². The highest BCUT2D eigenvalue weighted by atomic mass is 32.2. The van der Waals surface area contributed by atoms with Crippen LogP contribution in [0.25, 0.3) is 10.9 Å². The summed E-state index contributed by atoms with van der Waals surface area (Å²) >= 11 is 0. The second-order valence-electron chi connectivity index (χ2n) is 5.72. The van der Waals surface area contributed by atoms with Crippen LogP contribution in [-0.4, -0.2) is 20.1 Å². The van der Waals surface area contributed by atoms with E-state index in [2.05, 4.69) is 0 Å². The van der Waals surface area contributed by atoms with E-state index >= 15 is 0 Å². The zero-order chi connectivity index (χ0) is 18.0. The summed E-state index contributed by atoms with van der Waals surface area (Å²) in [4.78, 5) is 12.8. The molecule has 2 aromatic carbocycles. The van der Waals surface area contributed by atoms with Crippen LogP contribution in [0.15, 0.2) is 69.3 Å². The molecule has 1 heterocycles. The van der Waals surface area contributed by atoms with Gasteiger partial charge in [0, 0.05) is 12.7 Å². The second-order valence-corrected chi connectivity index (χ2v) is 7.63. The molecule has 1 aromatic heterocycles. The van der Waals surface area contributed by atoms with E-state index in [-0.39, 0.29) is 9.79 Å². The number of aryl methyl sites for hydroxylation is 1. The molecule has 25 heavy (non-hydrogen) atoms. The normalized spacial score (nSPS) is 11.6. The maximum Gasteiger partial charge on any atom is 0.211 e. The van der Waals surface area contributed by atoms with Crippen LogP contribution >= 0.6 is 0 Å². The van der Waals surface area contributed by atoms with Crippen molar-refractivity contribution in [2.45, 2.75) is 29.7 Å². The van der Waals surface area contributed by atoms with Crippen LogP contribution in [-0.2, 0) is 16.4 Å². The topological polar surface area (TPSA) is 65.4 Å². The highest BCUT2D eigenvalue weighted by Crippen LogP contribution is 2.23. The molecule has 130 valence electrons. The zero-order valence-electron chi connectivity index (χ0n) is 14.1. The number of hydrogen-bond donors (Lipinski definition) is 0. The number of aromatic nitrogens is 1. The molecule has 0 aliphatic rings. The number of rotatable bonds is 5. The van der Waals surface area contributed by atoms with Crippen molar-refractivity contribution in [3.63, 3.8) is 0 Å². The summed E-state index contributed by atoms with van der Waals surface area (Å²) in [7, 11) is -2.39. The molecule has 0 aliphatic heterocycles. The lowest BCUT2D eigenvalue weighted by atomic mass is 10.2. The average Bonchev–Trinajstić information content (AvgIpc) is 2.64. The Kier molecular flexibility index (Phi) is 4.63. The first-order chi connectivity index (χ1) is 12.0. The van der Waals surface area contributed by atoms with Crippen LogP contribution in [0.2, 0.25) is 0 Å². The van der Waals surface area contributed by atoms with E-state index in [1.165, 1.54) is 25.4 Å². The molecular formula is C19H19NO4S. The zero-order valence-corrected chi connectivity index (χ0v) is 14.9. The molecule has 0 saturated heterocycles. The smallest absolute Gasteiger partial charge is 0.211 e. The van der Waals surface area contributed by atoms with Crippen molar-refractivity contribution in [3.05, 3.63) is 65.0 Å². The van der Waals surface area contributed by atoms with Crippen molar-refractivity contribution < 1.29 is 13.2 Å². The molecule has 0 fully saturated rings. The fourth-order valence-corrected chi connectivity index (χ4v) is 4.21. The van der Waals surface area contributed by atoms with Gasteiger partial charge in [0.15, 0.2) is 0 Å². The van der Waals surface area contributed by atoms with Gasteiger partial charge in [-0.1, -0.05) is 25.1 Å². The fraction of sp³-hybridized carbons (Fsp3) is 0.211. The van der Waals surface area contributed by atoms with Gasteiger partial charge >= 0.3 is 0 Å². The van der Waals surface area contributed by atoms with E-state index in [4.69, 9.17) is 4.74 Å². The van der Waals surface area contributed by atoms with Crippen molar-refractivity contribution in [2.24, 2.45) is 0 Å². The minimum Gasteiger partial charge on any atom is -0.497 e. The molecule has 0 N–H and O–H groups in total. The van der Waals surface area contributed by atoms with Crippen molar-refractivity contribution in [2.75, 3.05) is 7.11 Å². The van der Waals surface area contributed by atoms with Crippen LogP contribution in [0.1, 0.15) is 13.3 Å². The Bertz CT molecular complexity index is 1070. The van der Waals surface area contributed by atoms with Gasteiger partial charge in [-0.3, -0.25) is 4.79 Å². The largest absolute Gasteiger partial charge is 0.497 e. The molecule has 0 bridgehead atoms. The Morgan fingerprint density at radius 2 is 1.80 bits per heavy atom. The number of ether oxygens (including phenoxy) is 1. The van der Waals surface area contributed by atoms with E-state index in [0.717, 1.165) is 6.42 Å². The highest BCUT2D eigenvalue weighted by molar-refractivity contribution is 7.91. The summed E-state index contributed by atoms with van der Waals surface area (Å²) in [5, 5.41) is 0.338. The molecule has 0 saturated carbocycles. The van der Waals surface area contributed by atoms with Gasteiger partial charge in [0.25, 0.3) is 0 Å². The number of methoxy groups -OCH3 is 1. The number of sulfone groups is 1. The Morgan fingerprint density at radius 3 is 2.44 bits per heavy atom. The lowest BCUT2D eigenvalue weighted by Crippen LogP contribution is -2.19. The molecule has 5 nitrogen and oxygen atoms in total. The van der Waals surface area contributed by atoms with Gasteiger partial charge in [0.1, 0.15) is 10.6 Å². The first-order valence-corrected chi connectivity index (χ1v) is 9.48. The number of nitrogens with zero attached hydrogens (tertiary/aromatic N) is 1. The SMILES string of the molecule is CCCn1cc(S(=O)(=O)c2ccccc2)c(=O)c2cc(OC)ccc21. The summed E-state index contributed by atoms with van der Waals surface area (Å²) in [6.07, 6.45) is 2.26. The van der Waals surface area contributed by atoms with Crippen LogP contribution in [0.4, 0.5) is 0 Å². The summed E-state index contributed by atoms with van der Waals surface area (Å²) in [5.41, 5.74) is 0.185. The minimum absolute atomic E-state index is 0.109. The Hall–Kier alpha value is -2.60. The van der Waals surface area contributed by atoms with Gasteiger partial charge in [0.05, 0.1) is 22.9 Å². The van der Waals surface area contributed by atoms with Crippen LogP contribution < -0.4 is 10.2 Å². The van der Waals surface area contributed by atoms with Crippen LogP contribution in [0, 0.1) is 0 Å². The first kappa shape index (κ1) is 17.2. The molecule has 3 rings (SSSR count). The number of pyridine rings is 1. The van der Waals surface area contributed by atoms with Crippen LogP contribution in [0.3, 0.4) is 0 Å². The molecular weight excluding hydrogens is 338 g/mol. The Morgan fingerprint density at radius 1 is 1.08 bits per heavy atom. The maximum atomic E-state index is 13.0. The van der Waals surface area contributed by atoms with Crippen molar-refractivity contribution in [1.82, 2.24) is 4.57 Å². The third-order valence-corrected chi connectivity index (χ3v) is 5.82. The molecule has 6 heteroatoms. The van der Waals surface area contributed by atoms with Crippen molar-refractivity contribution >= 4 is 20.7 Å². The predicted octanol–water partition coefficient (Wildman–Crippen LogP) is 3.25. The third kappa shape index (κ3) is 3.05. The standard InChI is InChI=1S/C19H19NO4S/c1-3-11-20-13-18(25(22,23)15-7-5-4-6-8-15)19(21)16-12-14(24-2)9-10-17(16)20/h4-10,12-13H,3,11H2,1-2H3. The first-order valence-electron chi connectivity index (χ1n) is 8.00. The van der Waals surface area contributed by atoms with Gasteiger partial charge in [-0.05, 0) is 36.8 Å². The van der Waals surface area contributed by atoms with E-state index < -0.39 is 15.3 Å². The highest BCUT2D eigenvalue weighted by Gasteiger charge is 2.23. The quantitative estimate of drug-likeness (QED) is 0.703. The van der Waals surface area contributed by atoms with Gasteiger partial charge in [-0.15, -0.1) is 0 Å². The second kappa shape index (κ2) is 6.72. The molecule has 0 unspecified atom stereocenters. The molecule has 0 aliphatic carbocycles. The maximum absolute atomic E-state index is 13.0. The summed E-state index contributed by atoms with van der Waals surface area (Å²) in [6, 6.07) is 13.1. The molecule has 3 aromatic rings. The lowest BCUT2D eigenvalue weighted by Gasteiger charge is -2.14. The van der Waals surface area contributed by atoms with Crippen molar-refractivity contribution in [3.8, 4) is 5.75 Å². The molecule has 0 amide bonds. The monoisotopic (exact) mass is 357 g/mol. The number of benzene rings is 2. The summed E-state index contributed by atoms with van der Waals surface area (Å²) in [5.74, 6) is 0.516. The molecule has 0 radical (unpaired) electrons. The predicted molar refractivity (Wildman–Crippen MR) is 96.9 cm³/mol. The lowest BCUT2D eigenvalue weighted by molar-refractivity contribution is 0.415. The van der Waals surface area contributed by atoms with E-state index in [0.29, 0.717) is 23.2 Å². The molecule has 0 spiro atoms. The van der Waals surface area contributed by atoms with E-state index in [1.54, 1.807) is 36.4 Å². The van der Waals surface area contributed by atoms with Gasteiger partial charge in [0.2, 0.25) is 15.3 Å².